The fraction of sp³-hybridized carbons (Fsp3) is 0. The molecular formula is C44H26S4. The van der Waals surface area contributed by atoms with Crippen molar-refractivity contribution in [2.75, 3.05) is 0 Å². The Morgan fingerprint density at radius 3 is 1.10 bits per heavy atom. The molecule has 10 rings (SSSR count). The van der Waals surface area contributed by atoms with E-state index >= 15 is 0 Å². The Morgan fingerprint density at radius 2 is 0.646 bits per heavy atom. The largest absolute Gasteiger partial charge is 0.0877 e. The van der Waals surface area contributed by atoms with Gasteiger partial charge in [0.1, 0.15) is 0 Å². The molecule has 48 heavy (non-hydrogen) atoms. The van der Waals surface area contributed by atoms with Crippen LogP contribution >= 0.6 is 47.0 Å². The highest BCUT2D eigenvalue weighted by Crippen LogP contribution is 2.53. The molecule has 0 atom stereocenters. The molecule has 2 heterocycles. The van der Waals surface area contributed by atoms with Crippen LogP contribution in [-0.4, -0.2) is 0 Å². The van der Waals surface area contributed by atoms with Crippen LogP contribution in [0.2, 0.25) is 0 Å². The maximum Gasteiger partial charge on any atom is 0.0340 e. The molecular weight excluding hydrogens is 657 g/mol. The zero-order valence-corrected chi connectivity index (χ0v) is 28.9. The predicted octanol–water partition coefficient (Wildman–Crippen LogP) is 14.2. The molecule has 4 heteroatoms. The lowest BCUT2D eigenvalue weighted by atomic mass is 9.91. The molecule has 0 unspecified atom stereocenters. The lowest BCUT2D eigenvalue weighted by Gasteiger charge is -2.21. The first-order valence-electron chi connectivity index (χ1n) is 16.0. The molecule has 0 aliphatic carbocycles. The van der Waals surface area contributed by atoms with Crippen molar-refractivity contribution >= 4 is 68.6 Å². The van der Waals surface area contributed by atoms with E-state index in [2.05, 4.69) is 158 Å². The predicted molar refractivity (Wildman–Crippen MR) is 207 cm³/mol. The molecule has 0 fully saturated rings. The third kappa shape index (κ3) is 4.82. The van der Waals surface area contributed by atoms with Gasteiger partial charge >= 0.3 is 0 Å². The summed E-state index contributed by atoms with van der Waals surface area (Å²) < 4.78 is 0. The van der Waals surface area contributed by atoms with E-state index in [-0.39, 0.29) is 0 Å². The van der Waals surface area contributed by atoms with E-state index in [4.69, 9.17) is 0 Å². The van der Waals surface area contributed by atoms with Gasteiger partial charge < -0.3 is 0 Å². The van der Waals surface area contributed by atoms with Crippen LogP contribution in [0.4, 0.5) is 0 Å². The van der Waals surface area contributed by atoms with Crippen molar-refractivity contribution in [3.63, 3.8) is 0 Å². The average molecular weight is 683 g/mol. The van der Waals surface area contributed by atoms with Crippen molar-refractivity contribution in [2.45, 2.75) is 39.2 Å². The smallest absolute Gasteiger partial charge is 0.0340 e. The molecule has 226 valence electrons. The summed E-state index contributed by atoms with van der Waals surface area (Å²) in [6.45, 7) is 0. The van der Waals surface area contributed by atoms with Crippen molar-refractivity contribution < 1.29 is 0 Å². The minimum Gasteiger partial charge on any atom is -0.0877 e. The quantitative estimate of drug-likeness (QED) is 0.182. The molecule has 8 aromatic rings. The second kappa shape index (κ2) is 11.7. The monoisotopic (exact) mass is 682 g/mol. The van der Waals surface area contributed by atoms with E-state index in [9.17, 15) is 0 Å². The third-order valence-electron chi connectivity index (χ3n) is 9.19. The lowest BCUT2D eigenvalue weighted by molar-refractivity contribution is 1.16. The number of fused-ring (bicyclic) bond motifs is 6. The fourth-order valence-electron chi connectivity index (χ4n) is 6.92. The Kier molecular flexibility index (Phi) is 6.98. The molecule has 0 saturated heterocycles. The van der Waals surface area contributed by atoms with E-state index < -0.39 is 0 Å². The van der Waals surface area contributed by atoms with Gasteiger partial charge in [0.2, 0.25) is 0 Å². The van der Waals surface area contributed by atoms with Crippen LogP contribution in [0.25, 0.3) is 54.9 Å². The minimum absolute atomic E-state index is 1.26. The van der Waals surface area contributed by atoms with Gasteiger partial charge in [0.05, 0.1) is 0 Å². The number of rotatable bonds is 3. The van der Waals surface area contributed by atoms with Gasteiger partial charge in [0, 0.05) is 39.2 Å². The first-order chi connectivity index (χ1) is 23.8. The second-order valence-electron chi connectivity index (χ2n) is 12.1. The summed E-state index contributed by atoms with van der Waals surface area (Å²) in [5, 5.41) is 5.07. The Balaban J connectivity index is 1.04. The first-order valence-corrected chi connectivity index (χ1v) is 19.3. The molecule has 2 aliphatic heterocycles. The van der Waals surface area contributed by atoms with Crippen molar-refractivity contribution in [3.05, 3.63) is 158 Å². The standard InChI is InChI=1S/C44H26S4/c1-3-17-39-37(15-1)45-41-19-7-11-33(43(41)47-39)29-21-23-31-27(25-29)9-5-13-35(31)36-14-6-10-28-26-30(22-24-32(28)36)34-12-8-20-42-44(34)48-40-18-4-2-16-38(40)46-42/h1-26H. The van der Waals surface area contributed by atoms with Crippen LogP contribution in [0.15, 0.2) is 197 Å². The van der Waals surface area contributed by atoms with Crippen molar-refractivity contribution in [1.29, 1.82) is 0 Å². The highest BCUT2D eigenvalue weighted by molar-refractivity contribution is 8.05. The van der Waals surface area contributed by atoms with E-state index in [1.54, 1.807) is 0 Å². The highest BCUT2D eigenvalue weighted by Gasteiger charge is 2.22. The topological polar surface area (TPSA) is 0 Å². The summed E-state index contributed by atoms with van der Waals surface area (Å²) in [7, 11) is 0. The summed E-state index contributed by atoms with van der Waals surface area (Å²) in [4.78, 5) is 10.7. The molecule has 8 aromatic carbocycles. The lowest BCUT2D eigenvalue weighted by Crippen LogP contribution is -1.93. The van der Waals surface area contributed by atoms with Gasteiger partial charge in [-0.2, -0.15) is 0 Å². The molecule has 0 nitrogen and oxygen atoms in total. The van der Waals surface area contributed by atoms with Crippen molar-refractivity contribution in [1.82, 2.24) is 0 Å². The van der Waals surface area contributed by atoms with Gasteiger partial charge in [-0.1, -0.05) is 156 Å². The van der Waals surface area contributed by atoms with Gasteiger partial charge in [-0.3, -0.25) is 0 Å². The Morgan fingerprint density at radius 1 is 0.271 bits per heavy atom. The van der Waals surface area contributed by atoms with Crippen LogP contribution < -0.4 is 0 Å². The third-order valence-corrected chi connectivity index (χ3v) is 14.4. The molecule has 0 amide bonds. The van der Waals surface area contributed by atoms with Crippen molar-refractivity contribution in [3.8, 4) is 33.4 Å². The van der Waals surface area contributed by atoms with Gasteiger partial charge in [-0.05, 0) is 103 Å². The summed E-state index contributed by atoms with van der Waals surface area (Å²) in [6.07, 6.45) is 0. The van der Waals surface area contributed by atoms with Gasteiger partial charge in [-0.15, -0.1) is 0 Å². The molecule has 0 spiro atoms. The zero-order valence-electron chi connectivity index (χ0n) is 25.6. The van der Waals surface area contributed by atoms with E-state index in [1.807, 2.05) is 47.0 Å². The number of benzene rings is 8. The summed E-state index contributed by atoms with van der Waals surface area (Å²) in [5.74, 6) is 0. The Bertz CT molecular complexity index is 2400. The molecule has 0 N–H and O–H groups in total. The summed E-state index contributed by atoms with van der Waals surface area (Å²) in [6, 6.07) is 58.4. The summed E-state index contributed by atoms with van der Waals surface area (Å²) in [5.41, 5.74) is 7.66. The fourth-order valence-corrected chi connectivity index (χ4v) is 11.7. The maximum atomic E-state index is 2.37. The van der Waals surface area contributed by atoms with Crippen LogP contribution in [-0.2, 0) is 0 Å². The van der Waals surface area contributed by atoms with E-state index in [0.717, 1.165) is 0 Å². The Labute approximate surface area is 297 Å². The van der Waals surface area contributed by atoms with Crippen LogP contribution in [0, 0.1) is 0 Å². The average Bonchev–Trinajstić information content (AvgIpc) is 3.15. The minimum atomic E-state index is 1.26. The van der Waals surface area contributed by atoms with Crippen LogP contribution in [0.3, 0.4) is 0 Å². The number of hydrogen-bond acceptors (Lipinski definition) is 4. The van der Waals surface area contributed by atoms with Crippen LogP contribution in [0.5, 0.6) is 0 Å². The molecule has 0 aromatic heterocycles. The summed E-state index contributed by atoms with van der Waals surface area (Å²) >= 11 is 7.54. The maximum absolute atomic E-state index is 2.37. The normalized spacial score (nSPS) is 13.1. The van der Waals surface area contributed by atoms with E-state index in [0.29, 0.717) is 0 Å². The van der Waals surface area contributed by atoms with Gasteiger partial charge in [-0.25, -0.2) is 0 Å². The van der Waals surface area contributed by atoms with Crippen molar-refractivity contribution in [2.24, 2.45) is 0 Å². The van der Waals surface area contributed by atoms with Crippen LogP contribution in [0.1, 0.15) is 0 Å². The molecule has 2 aliphatic rings. The zero-order chi connectivity index (χ0) is 31.6. The van der Waals surface area contributed by atoms with Gasteiger partial charge in [0.25, 0.3) is 0 Å². The van der Waals surface area contributed by atoms with E-state index in [1.165, 1.54) is 94.1 Å². The molecule has 0 saturated carbocycles. The Hall–Kier alpha value is -4.32. The molecule has 0 bridgehead atoms. The highest BCUT2D eigenvalue weighted by atomic mass is 32.2. The second-order valence-corrected chi connectivity index (χ2v) is 16.3. The van der Waals surface area contributed by atoms with Gasteiger partial charge in [0.15, 0.2) is 0 Å². The molecule has 0 radical (unpaired) electrons. The SMILES string of the molecule is c1ccc2c(c1)Sc1cccc(-c3ccc4c(-c5cccc6cc(-c7cccc8c7Sc7ccccc7S8)ccc56)cccc4c3)c1S2. The number of hydrogen-bond donors (Lipinski definition) is 0. The first kappa shape index (κ1) is 28.7.